The minimum atomic E-state index is 0.666. The summed E-state index contributed by atoms with van der Waals surface area (Å²) in [5.41, 5.74) is 0. The Hall–Kier alpha value is 0.736. The van der Waals surface area contributed by atoms with E-state index in [1.165, 1.54) is 8.85 Å². The standard InChI is InChI=1S/C4H12SeSi/c1-4(2,3)5-6/h1-3,6H3. The van der Waals surface area contributed by atoms with E-state index in [4.69, 9.17) is 0 Å². The van der Waals surface area contributed by atoms with Crippen LogP contribution in [-0.2, 0) is 0 Å². The van der Waals surface area contributed by atoms with Crippen molar-refractivity contribution >= 4 is 23.2 Å². The summed E-state index contributed by atoms with van der Waals surface area (Å²) in [4.78, 5) is 0. The van der Waals surface area contributed by atoms with Gasteiger partial charge in [0.1, 0.15) is 0 Å². The molecule has 0 N–H and O–H groups in total. The first-order chi connectivity index (χ1) is 2.56. The minimum absolute atomic E-state index is 0.666. The maximum atomic E-state index is 2.31. The molecule has 0 atom stereocenters. The van der Waals surface area contributed by atoms with E-state index < -0.39 is 0 Å². The molecule has 38 valence electrons. The molecule has 0 aliphatic heterocycles. The topological polar surface area (TPSA) is 0 Å². The van der Waals surface area contributed by atoms with E-state index in [-0.39, 0.29) is 0 Å². The van der Waals surface area contributed by atoms with Gasteiger partial charge in [0.2, 0.25) is 0 Å². The predicted molar refractivity (Wildman–Crippen MR) is 35.4 cm³/mol. The summed E-state index contributed by atoms with van der Waals surface area (Å²) in [5.74, 6) is 0. The van der Waals surface area contributed by atoms with Gasteiger partial charge in [-0.3, -0.25) is 0 Å². The summed E-state index contributed by atoms with van der Waals surface area (Å²) in [6.07, 6.45) is 0. The average molecular weight is 167 g/mol. The molecule has 0 rings (SSSR count). The Balaban J connectivity index is 3.17. The molecule has 0 spiro atoms. The second kappa shape index (κ2) is 2.15. The third kappa shape index (κ3) is 4.74. The van der Waals surface area contributed by atoms with Crippen LogP contribution in [0.1, 0.15) is 20.8 Å². The van der Waals surface area contributed by atoms with E-state index in [9.17, 15) is 0 Å². The Bertz CT molecular complexity index is 37.3. The second-order valence-electron chi connectivity index (χ2n) is 2.32. The van der Waals surface area contributed by atoms with E-state index in [2.05, 4.69) is 20.8 Å². The molecule has 0 aromatic heterocycles. The van der Waals surface area contributed by atoms with E-state index in [0.29, 0.717) is 4.31 Å². The van der Waals surface area contributed by atoms with Gasteiger partial charge in [0.25, 0.3) is 0 Å². The molecule has 0 saturated heterocycles. The van der Waals surface area contributed by atoms with Crippen molar-refractivity contribution in [3.63, 3.8) is 0 Å². The van der Waals surface area contributed by atoms with Gasteiger partial charge in [0.05, 0.1) is 0 Å². The first kappa shape index (κ1) is 6.74. The molecule has 0 aliphatic carbocycles. The van der Waals surface area contributed by atoms with Gasteiger partial charge in [-0.2, -0.15) is 0 Å². The molecule has 0 aliphatic rings. The van der Waals surface area contributed by atoms with E-state index >= 15 is 0 Å². The molecule has 0 aromatic carbocycles. The van der Waals surface area contributed by atoms with Gasteiger partial charge >= 0.3 is 48.3 Å². The Morgan fingerprint density at radius 3 is 1.50 bits per heavy atom. The van der Waals surface area contributed by atoms with E-state index in [1.807, 2.05) is 0 Å². The van der Waals surface area contributed by atoms with Gasteiger partial charge in [0.15, 0.2) is 0 Å². The van der Waals surface area contributed by atoms with Gasteiger partial charge in [-0.25, -0.2) is 0 Å². The predicted octanol–water partition coefficient (Wildman–Crippen LogP) is 0.189. The Morgan fingerprint density at radius 2 is 1.50 bits per heavy atom. The molecule has 6 heavy (non-hydrogen) atoms. The molecular formula is C4H12SeSi. The van der Waals surface area contributed by atoms with Crippen molar-refractivity contribution in [2.24, 2.45) is 0 Å². The maximum absolute atomic E-state index is 2.31. The second-order valence-corrected chi connectivity index (χ2v) is 7.86. The first-order valence-corrected chi connectivity index (χ1v) is 8.92. The number of hydrogen-bond acceptors (Lipinski definition) is 0. The van der Waals surface area contributed by atoms with Gasteiger partial charge in [0, 0.05) is 0 Å². The van der Waals surface area contributed by atoms with Crippen LogP contribution in [0.2, 0.25) is 4.31 Å². The van der Waals surface area contributed by atoms with Crippen LogP contribution in [0.5, 0.6) is 0 Å². The van der Waals surface area contributed by atoms with Gasteiger partial charge in [-0.05, 0) is 0 Å². The molecule has 0 bridgehead atoms. The average Bonchev–Trinajstić information content (AvgIpc) is 1.35. The summed E-state index contributed by atoms with van der Waals surface area (Å²) in [6.45, 7) is 6.92. The normalized spacial score (nSPS) is 12.5. The molecule has 0 saturated carbocycles. The molecule has 0 radical (unpaired) electrons. The van der Waals surface area contributed by atoms with Gasteiger partial charge in [-0.15, -0.1) is 0 Å². The quantitative estimate of drug-likeness (QED) is 0.452. The van der Waals surface area contributed by atoms with Gasteiger partial charge < -0.3 is 0 Å². The van der Waals surface area contributed by atoms with E-state index in [0.717, 1.165) is 14.3 Å². The van der Waals surface area contributed by atoms with Crippen molar-refractivity contribution < 1.29 is 0 Å². The first-order valence-electron chi connectivity index (χ1n) is 2.11. The van der Waals surface area contributed by atoms with Crippen molar-refractivity contribution in [3.8, 4) is 0 Å². The summed E-state index contributed by atoms with van der Waals surface area (Å²) < 4.78 is 0.666. The van der Waals surface area contributed by atoms with Crippen LogP contribution in [0.4, 0.5) is 0 Å². The van der Waals surface area contributed by atoms with E-state index in [1.54, 1.807) is 0 Å². The van der Waals surface area contributed by atoms with Crippen LogP contribution in [-0.4, -0.2) is 23.2 Å². The van der Waals surface area contributed by atoms with Crippen molar-refractivity contribution in [1.29, 1.82) is 0 Å². The van der Waals surface area contributed by atoms with Crippen LogP contribution in [0.15, 0.2) is 0 Å². The fourth-order valence-electron chi connectivity index (χ4n) is 0. The Labute approximate surface area is 48.7 Å². The van der Waals surface area contributed by atoms with Crippen LogP contribution >= 0.6 is 0 Å². The zero-order valence-corrected chi connectivity index (χ0v) is 8.62. The third-order valence-electron chi connectivity index (χ3n) is 0.612. The zero-order valence-electron chi connectivity index (χ0n) is 4.91. The molecule has 0 nitrogen and oxygen atoms in total. The summed E-state index contributed by atoms with van der Waals surface area (Å²) >= 11 is 0.951. The van der Waals surface area contributed by atoms with Crippen molar-refractivity contribution in [2.45, 2.75) is 25.1 Å². The molecule has 0 unspecified atom stereocenters. The van der Waals surface area contributed by atoms with Crippen LogP contribution in [0.3, 0.4) is 0 Å². The SMILES string of the molecule is CC(C)(C)[Se][SiH3]. The molecule has 0 heterocycles. The van der Waals surface area contributed by atoms with Gasteiger partial charge in [-0.1, -0.05) is 0 Å². The monoisotopic (exact) mass is 168 g/mol. The fraction of sp³-hybridized carbons (Fsp3) is 1.00. The number of rotatable bonds is 0. The summed E-state index contributed by atoms with van der Waals surface area (Å²) in [7, 11) is 1.41. The number of hydrogen-bond donors (Lipinski definition) is 0. The Kier molecular flexibility index (Phi) is 2.41. The van der Waals surface area contributed by atoms with Crippen molar-refractivity contribution in [3.05, 3.63) is 0 Å². The third-order valence-corrected chi connectivity index (χ3v) is 9.55. The molecule has 0 fully saturated rings. The molecule has 2 heteroatoms. The molecule has 0 aromatic rings. The molecule has 0 amide bonds. The van der Waals surface area contributed by atoms with Crippen molar-refractivity contribution in [2.75, 3.05) is 0 Å². The molecular weight excluding hydrogens is 155 g/mol. The van der Waals surface area contributed by atoms with Crippen molar-refractivity contribution in [1.82, 2.24) is 0 Å². The summed E-state index contributed by atoms with van der Waals surface area (Å²) in [6, 6.07) is 0. The van der Waals surface area contributed by atoms with Crippen LogP contribution < -0.4 is 0 Å². The zero-order chi connectivity index (χ0) is 5.21. The fourth-order valence-corrected chi connectivity index (χ4v) is 0. The summed E-state index contributed by atoms with van der Waals surface area (Å²) in [5, 5.41) is 0. The Morgan fingerprint density at radius 1 is 1.33 bits per heavy atom. The van der Waals surface area contributed by atoms with Crippen LogP contribution in [0, 0.1) is 0 Å². The van der Waals surface area contributed by atoms with Crippen LogP contribution in [0.25, 0.3) is 0 Å².